The predicted molar refractivity (Wildman–Crippen MR) is 72.6 cm³/mol. The van der Waals surface area contributed by atoms with Crippen LogP contribution in [0.5, 0.6) is 0 Å². The van der Waals surface area contributed by atoms with Gasteiger partial charge in [-0.25, -0.2) is 0 Å². The van der Waals surface area contributed by atoms with E-state index in [1.54, 1.807) is 0 Å². The van der Waals surface area contributed by atoms with E-state index in [0.717, 1.165) is 31.9 Å². The van der Waals surface area contributed by atoms with Crippen LogP contribution in [0.25, 0.3) is 0 Å². The quantitative estimate of drug-likeness (QED) is 0.465. The summed E-state index contributed by atoms with van der Waals surface area (Å²) >= 11 is 0. The van der Waals surface area contributed by atoms with Gasteiger partial charge in [0.25, 0.3) is 0 Å². The summed E-state index contributed by atoms with van der Waals surface area (Å²) in [6.45, 7) is 8.61. The largest absolute Gasteiger partial charge is 0.516 e. The van der Waals surface area contributed by atoms with E-state index in [1.807, 2.05) is 6.08 Å². The highest BCUT2D eigenvalue weighted by atomic mass is 16.2. The number of aliphatic hydroxyl groups excluding tert-OH is 1. The van der Waals surface area contributed by atoms with Gasteiger partial charge in [-0.3, -0.25) is 0 Å². The standard InChI is InChI=1S/C15H26O/c1-13(2)7-5-8-14(3)9-6-10-15(4)11-12-16/h7,9,11-12,15-16H,5-6,8,10H2,1-4H3/b12-11+,14-9-. The summed E-state index contributed by atoms with van der Waals surface area (Å²) in [5, 5.41) is 8.61. The molecule has 92 valence electrons. The van der Waals surface area contributed by atoms with Crippen molar-refractivity contribution in [3.63, 3.8) is 0 Å². The van der Waals surface area contributed by atoms with Crippen molar-refractivity contribution in [3.8, 4) is 0 Å². The fourth-order valence-electron chi connectivity index (χ4n) is 1.53. The molecule has 0 fully saturated rings. The molecular weight excluding hydrogens is 196 g/mol. The summed E-state index contributed by atoms with van der Waals surface area (Å²) in [5.41, 5.74) is 2.87. The second-order valence-corrected chi connectivity index (χ2v) is 4.77. The number of allylic oxidation sites excluding steroid dienone is 5. The van der Waals surface area contributed by atoms with Crippen molar-refractivity contribution in [3.05, 3.63) is 35.6 Å². The molecule has 0 bridgehead atoms. The molecule has 0 aromatic rings. The molecular formula is C15H26O. The maximum absolute atomic E-state index is 8.61. The lowest BCUT2D eigenvalue weighted by Gasteiger charge is -2.03. The first-order chi connectivity index (χ1) is 7.56. The predicted octanol–water partition coefficient (Wildman–Crippen LogP) is 5.17. The highest BCUT2D eigenvalue weighted by Crippen LogP contribution is 2.12. The fraction of sp³-hybridized carbons (Fsp3) is 0.600. The van der Waals surface area contributed by atoms with Gasteiger partial charge < -0.3 is 5.11 Å². The first kappa shape index (κ1) is 15.0. The van der Waals surface area contributed by atoms with E-state index in [2.05, 4.69) is 39.8 Å². The zero-order chi connectivity index (χ0) is 12.4. The summed E-state index contributed by atoms with van der Waals surface area (Å²) in [6.07, 6.45) is 12.1. The van der Waals surface area contributed by atoms with E-state index in [1.165, 1.54) is 11.1 Å². The smallest absolute Gasteiger partial charge is 0.0754 e. The van der Waals surface area contributed by atoms with Crippen LogP contribution in [-0.2, 0) is 0 Å². The minimum absolute atomic E-state index is 0.465. The van der Waals surface area contributed by atoms with Crippen LogP contribution in [0.3, 0.4) is 0 Å². The highest BCUT2D eigenvalue weighted by molar-refractivity contribution is 5.02. The molecule has 0 rings (SSSR count). The molecule has 0 aliphatic rings. The molecule has 1 atom stereocenters. The van der Waals surface area contributed by atoms with Crippen molar-refractivity contribution in [1.82, 2.24) is 0 Å². The summed E-state index contributed by atoms with van der Waals surface area (Å²) in [5.74, 6) is 0.465. The summed E-state index contributed by atoms with van der Waals surface area (Å²) in [7, 11) is 0. The lowest BCUT2D eigenvalue weighted by atomic mass is 10.0. The topological polar surface area (TPSA) is 20.2 Å². The summed E-state index contributed by atoms with van der Waals surface area (Å²) < 4.78 is 0. The number of hydrogen-bond donors (Lipinski definition) is 1. The van der Waals surface area contributed by atoms with Gasteiger partial charge in [-0.05, 0) is 58.4 Å². The van der Waals surface area contributed by atoms with Crippen LogP contribution >= 0.6 is 0 Å². The Kier molecular flexibility index (Phi) is 8.69. The summed E-state index contributed by atoms with van der Waals surface area (Å²) in [6, 6.07) is 0. The minimum Gasteiger partial charge on any atom is -0.516 e. The van der Waals surface area contributed by atoms with Crippen molar-refractivity contribution in [2.24, 2.45) is 5.92 Å². The lowest BCUT2D eigenvalue weighted by Crippen LogP contribution is -1.88. The molecule has 0 saturated carbocycles. The Hall–Kier alpha value is -0.980. The number of aliphatic hydroxyl groups is 1. The Morgan fingerprint density at radius 1 is 1.12 bits per heavy atom. The van der Waals surface area contributed by atoms with E-state index in [4.69, 9.17) is 5.11 Å². The highest BCUT2D eigenvalue weighted by Gasteiger charge is 1.95. The average molecular weight is 222 g/mol. The van der Waals surface area contributed by atoms with Gasteiger partial charge in [0.2, 0.25) is 0 Å². The van der Waals surface area contributed by atoms with Crippen molar-refractivity contribution in [1.29, 1.82) is 0 Å². The van der Waals surface area contributed by atoms with Crippen LogP contribution < -0.4 is 0 Å². The molecule has 0 saturated heterocycles. The van der Waals surface area contributed by atoms with Crippen LogP contribution in [0.2, 0.25) is 0 Å². The third kappa shape index (κ3) is 9.57. The van der Waals surface area contributed by atoms with Gasteiger partial charge in [-0.1, -0.05) is 30.2 Å². The molecule has 0 aliphatic carbocycles. The van der Waals surface area contributed by atoms with Crippen LogP contribution in [-0.4, -0.2) is 5.11 Å². The summed E-state index contributed by atoms with van der Waals surface area (Å²) in [4.78, 5) is 0. The minimum atomic E-state index is 0.465. The molecule has 0 aliphatic heterocycles. The second-order valence-electron chi connectivity index (χ2n) is 4.77. The molecule has 0 heterocycles. The Morgan fingerprint density at radius 2 is 1.81 bits per heavy atom. The van der Waals surface area contributed by atoms with Gasteiger partial charge >= 0.3 is 0 Å². The van der Waals surface area contributed by atoms with E-state index in [0.29, 0.717) is 5.92 Å². The van der Waals surface area contributed by atoms with Crippen LogP contribution in [0.15, 0.2) is 35.6 Å². The Bertz CT molecular complexity index is 255. The monoisotopic (exact) mass is 222 g/mol. The Balaban J connectivity index is 3.74. The van der Waals surface area contributed by atoms with Crippen LogP contribution in [0, 0.1) is 5.92 Å². The first-order valence-corrected chi connectivity index (χ1v) is 6.16. The second kappa shape index (κ2) is 9.26. The Morgan fingerprint density at radius 3 is 2.38 bits per heavy atom. The van der Waals surface area contributed by atoms with Gasteiger partial charge in [0.1, 0.15) is 0 Å². The van der Waals surface area contributed by atoms with E-state index in [9.17, 15) is 0 Å². The van der Waals surface area contributed by atoms with Gasteiger partial charge in [-0.2, -0.15) is 0 Å². The molecule has 1 unspecified atom stereocenters. The molecule has 0 aromatic heterocycles. The number of rotatable bonds is 7. The maximum Gasteiger partial charge on any atom is 0.0754 e. The number of hydrogen-bond acceptors (Lipinski definition) is 1. The van der Waals surface area contributed by atoms with Gasteiger partial charge in [0.05, 0.1) is 6.26 Å². The molecule has 16 heavy (non-hydrogen) atoms. The van der Waals surface area contributed by atoms with Gasteiger partial charge in [-0.15, -0.1) is 0 Å². The Labute approximate surface area is 101 Å². The van der Waals surface area contributed by atoms with Crippen molar-refractivity contribution in [2.75, 3.05) is 0 Å². The van der Waals surface area contributed by atoms with E-state index < -0.39 is 0 Å². The lowest BCUT2D eigenvalue weighted by molar-refractivity contribution is 0.463. The van der Waals surface area contributed by atoms with Gasteiger partial charge in [0.15, 0.2) is 0 Å². The first-order valence-electron chi connectivity index (χ1n) is 6.16. The normalized spacial score (nSPS) is 14.1. The molecule has 0 aromatic carbocycles. The zero-order valence-electron chi connectivity index (χ0n) is 11.2. The van der Waals surface area contributed by atoms with Crippen molar-refractivity contribution < 1.29 is 5.11 Å². The molecule has 0 amide bonds. The molecule has 1 heteroatoms. The third-order valence-corrected chi connectivity index (χ3v) is 2.62. The molecule has 0 radical (unpaired) electrons. The maximum atomic E-state index is 8.61. The SMILES string of the molecule is CC(C)=CCC/C(C)=C\CCC(C)/C=C/O. The van der Waals surface area contributed by atoms with Crippen LogP contribution in [0.4, 0.5) is 0 Å². The third-order valence-electron chi connectivity index (χ3n) is 2.62. The van der Waals surface area contributed by atoms with Crippen LogP contribution in [0.1, 0.15) is 53.4 Å². The van der Waals surface area contributed by atoms with Crippen molar-refractivity contribution >= 4 is 0 Å². The van der Waals surface area contributed by atoms with E-state index in [-0.39, 0.29) is 0 Å². The fourth-order valence-corrected chi connectivity index (χ4v) is 1.53. The van der Waals surface area contributed by atoms with Crippen molar-refractivity contribution in [2.45, 2.75) is 53.4 Å². The average Bonchev–Trinajstić information content (AvgIpc) is 2.17. The van der Waals surface area contributed by atoms with E-state index >= 15 is 0 Å². The van der Waals surface area contributed by atoms with Gasteiger partial charge in [0, 0.05) is 0 Å². The molecule has 1 N–H and O–H groups in total. The molecule has 1 nitrogen and oxygen atoms in total. The zero-order valence-corrected chi connectivity index (χ0v) is 11.2. The molecule has 0 spiro atoms.